The molecule has 25 heavy (non-hydrogen) atoms. The van der Waals surface area contributed by atoms with Gasteiger partial charge in [-0.25, -0.2) is 15.0 Å². The van der Waals surface area contributed by atoms with Crippen molar-refractivity contribution in [2.45, 2.75) is 0 Å². The first kappa shape index (κ1) is 14.8. The van der Waals surface area contributed by atoms with Crippen LogP contribution in [0.4, 0.5) is 0 Å². The standard InChI is InChI=1S/C18H12N4O3/c23-12-5-1-10(2-6-12)14-15(11-3-7-13(24)8-4-11)22-17-16(21-14)18(25)20-9-19-17/h1-9,23-24H,(H,19,20,22,25). The number of rotatable bonds is 2. The van der Waals surface area contributed by atoms with Crippen LogP contribution in [0.25, 0.3) is 33.7 Å². The molecule has 2 aromatic carbocycles. The second kappa shape index (κ2) is 5.72. The molecule has 0 fully saturated rings. The maximum absolute atomic E-state index is 9.96. The van der Waals surface area contributed by atoms with Crippen molar-refractivity contribution in [2.24, 2.45) is 0 Å². The normalized spacial score (nSPS) is 10.9. The van der Waals surface area contributed by atoms with E-state index in [0.29, 0.717) is 17.0 Å². The fourth-order valence-electron chi connectivity index (χ4n) is 2.51. The number of phenolic OH excluding ortho intramolecular Hbond substituents is 2. The van der Waals surface area contributed by atoms with E-state index >= 15 is 0 Å². The molecule has 0 saturated heterocycles. The van der Waals surface area contributed by atoms with Crippen LogP contribution in [0.1, 0.15) is 0 Å². The van der Waals surface area contributed by atoms with Crippen LogP contribution in [-0.2, 0) is 0 Å². The van der Waals surface area contributed by atoms with Gasteiger partial charge in [-0.2, -0.15) is 4.98 Å². The summed E-state index contributed by atoms with van der Waals surface area (Å²) >= 11 is 0. The highest BCUT2D eigenvalue weighted by Crippen LogP contribution is 2.33. The second-order valence-electron chi connectivity index (χ2n) is 5.38. The molecule has 0 atom stereocenters. The molecule has 0 aliphatic carbocycles. The third kappa shape index (κ3) is 2.67. The van der Waals surface area contributed by atoms with Gasteiger partial charge in [0.2, 0.25) is 5.88 Å². The molecule has 2 heterocycles. The smallest absolute Gasteiger partial charge is 0.242 e. The zero-order valence-electron chi connectivity index (χ0n) is 12.8. The Morgan fingerprint density at radius 2 is 1.12 bits per heavy atom. The molecule has 0 aliphatic rings. The summed E-state index contributed by atoms with van der Waals surface area (Å²) in [7, 11) is 0. The maximum Gasteiger partial charge on any atom is 0.242 e. The molecule has 7 heteroatoms. The molecule has 0 bridgehead atoms. The average molecular weight is 332 g/mol. The molecule has 0 radical (unpaired) electrons. The average Bonchev–Trinajstić information content (AvgIpc) is 2.63. The van der Waals surface area contributed by atoms with Gasteiger partial charge in [-0.15, -0.1) is 0 Å². The Balaban J connectivity index is 2.03. The van der Waals surface area contributed by atoms with E-state index in [1.807, 2.05) is 0 Å². The van der Waals surface area contributed by atoms with Crippen molar-refractivity contribution in [1.29, 1.82) is 0 Å². The van der Waals surface area contributed by atoms with E-state index in [4.69, 9.17) is 0 Å². The van der Waals surface area contributed by atoms with Crippen LogP contribution in [0, 0.1) is 0 Å². The molecule has 2 aromatic heterocycles. The molecule has 7 nitrogen and oxygen atoms in total. The molecule has 4 aromatic rings. The fourth-order valence-corrected chi connectivity index (χ4v) is 2.51. The molecule has 0 aliphatic heterocycles. The number of fused-ring (bicyclic) bond motifs is 1. The van der Waals surface area contributed by atoms with Crippen molar-refractivity contribution in [3.63, 3.8) is 0 Å². The van der Waals surface area contributed by atoms with Gasteiger partial charge in [0.1, 0.15) is 17.8 Å². The third-order valence-corrected chi connectivity index (χ3v) is 3.73. The molecular weight excluding hydrogens is 320 g/mol. The van der Waals surface area contributed by atoms with Gasteiger partial charge in [-0.1, -0.05) is 0 Å². The molecule has 122 valence electrons. The first-order chi connectivity index (χ1) is 12.1. The monoisotopic (exact) mass is 332 g/mol. The Labute approximate surface area is 141 Å². The summed E-state index contributed by atoms with van der Waals surface area (Å²) < 4.78 is 0. The van der Waals surface area contributed by atoms with Crippen LogP contribution in [0.5, 0.6) is 17.4 Å². The van der Waals surface area contributed by atoms with E-state index in [2.05, 4.69) is 19.9 Å². The lowest BCUT2D eigenvalue weighted by Gasteiger charge is -2.10. The van der Waals surface area contributed by atoms with Crippen molar-refractivity contribution < 1.29 is 15.3 Å². The Morgan fingerprint density at radius 3 is 1.68 bits per heavy atom. The largest absolute Gasteiger partial charge is 0.508 e. The minimum Gasteiger partial charge on any atom is -0.508 e. The van der Waals surface area contributed by atoms with Gasteiger partial charge in [0.15, 0.2) is 11.2 Å². The van der Waals surface area contributed by atoms with Crippen molar-refractivity contribution in [1.82, 2.24) is 19.9 Å². The number of aromatic hydroxyl groups is 3. The van der Waals surface area contributed by atoms with Crippen LogP contribution in [0.2, 0.25) is 0 Å². The van der Waals surface area contributed by atoms with E-state index in [1.54, 1.807) is 48.5 Å². The zero-order chi connectivity index (χ0) is 17.4. The fraction of sp³-hybridized carbons (Fsp3) is 0. The van der Waals surface area contributed by atoms with Crippen LogP contribution < -0.4 is 0 Å². The lowest BCUT2D eigenvalue weighted by Crippen LogP contribution is -1.98. The lowest BCUT2D eigenvalue weighted by molar-refractivity contribution is 0.457. The number of phenols is 2. The number of hydrogen-bond acceptors (Lipinski definition) is 7. The highest BCUT2D eigenvalue weighted by atomic mass is 16.3. The highest BCUT2D eigenvalue weighted by Gasteiger charge is 2.16. The van der Waals surface area contributed by atoms with Crippen LogP contribution in [-0.4, -0.2) is 35.3 Å². The highest BCUT2D eigenvalue weighted by molar-refractivity contribution is 5.86. The van der Waals surface area contributed by atoms with Crippen molar-refractivity contribution in [3.05, 3.63) is 54.9 Å². The summed E-state index contributed by atoms with van der Waals surface area (Å²) in [5.74, 6) is 0.0216. The Bertz CT molecular complexity index is 1060. The maximum atomic E-state index is 9.96. The predicted molar refractivity (Wildman–Crippen MR) is 91.0 cm³/mol. The van der Waals surface area contributed by atoms with Crippen LogP contribution in [0.3, 0.4) is 0 Å². The molecular formula is C18H12N4O3. The van der Waals surface area contributed by atoms with E-state index in [9.17, 15) is 15.3 Å². The number of hydrogen-bond donors (Lipinski definition) is 3. The zero-order valence-corrected chi connectivity index (χ0v) is 12.8. The van der Waals surface area contributed by atoms with Crippen molar-refractivity contribution in [3.8, 4) is 39.9 Å². The van der Waals surface area contributed by atoms with E-state index in [0.717, 1.165) is 5.56 Å². The van der Waals surface area contributed by atoms with Gasteiger partial charge < -0.3 is 15.3 Å². The number of benzene rings is 2. The van der Waals surface area contributed by atoms with E-state index in [1.165, 1.54) is 6.33 Å². The van der Waals surface area contributed by atoms with E-state index < -0.39 is 0 Å². The summed E-state index contributed by atoms with van der Waals surface area (Å²) in [5, 5.41) is 29.0. The van der Waals surface area contributed by atoms with E-state index in [-0.39, 0.29) is 28.5 Å². The summed E-state index contributed by atoms with van der Waals surface area (Å²) in [4.78, 5) is 16.8. The van der Waals surface area contributed by atoms with Crippen molar-refractivity contribution >= 4 is 11.2 Å². The Hall–Kier alpha value is -3.74. The van der Waals surface area contributed by atoms with Gasteiger partial charge in [-0.3, -0.25) is 0 Å². The molecule has 3 N–H and O–H groups in total. The molecule has 0 spiro atoms. The summed E-state index contributed by atoms with van der Waals surface area (Å²) in [6.07, 6.45) is 1.22. The topological polar surface area (TPSA) is 112 Å². The van der Waals surface area contributed by atoms with Crippen LogP contribution in [0.15, 0.2) is 54.9 Å². The first-order valence-corrected chi connectivity index (χ1v) is 7.42. The SMILES string of the molecule is Oc1ccc(-c2nc3ncnc(O)c3nc2-c2ccc(O)cc2)cc1. The first-order valence-electron chi connectivity index (χ1n) is 7.42. The van der Waals surface area contributed by atoms with Gasteiger partial charge in [0.25, 0.3) is 0 Å². The van der Waals surface area contributed by atoms with Gasteiger partial charge in [0.05, 0.1) is 11.4 Å². The molecule has 4 rings (SSSR count). The number of aromatic nitrogens is 4. The minimum atomic E-state index is -0.255. The summed E-state index contributed by atoms with van der Waals surface area (Å²) in [6, 6.07) is 13.0. The van der Waals surface area contributed by atoms with Gasteiger partial charge >= 0.3 is 0 Å². The lowest BCUT2D eigenvalue weighted by atomic mass is 10.0. The molecule has 0 amide bonds. The Morgan fingerprint density at radius 1 is 0.600 bits per heavy atom. The molecule has 0 saturated carbocycles. The predicted octanol–water partition coefficient (Wildman–Crippen LogP) is 2.87. The quantitative estimate of drug-likeness (QED) is 0.517. The van der Waals surface area contributed by atoms with Gasteiger partial charge in [0, 0.05) is 11.1 Å². The summed E-state index contributed by atoms with van der Waals surface area (Å²) in [5.41, 5.74) is 2.93. The minimum absolute atomic E-state index is 0.134. The van der Waals surface area contributed by atoms with Crippen molar-refractivity contribution in [2.75, 3.05) is 0 Å². The van der Waals surface area contributed by atoms with Crippen LogP contribution >= 0.6 is 0 Å². The number of nitrogens with zero attached hydrogens (tertiary/aromatic N) is 4. The second-order valence-corrected chi connectivity index (χ2v) is 5.38. The summed E-state index contributed by atoms with van der Waals surface area (Å²) in [6.45, 7) is 0. The Kier molecular flexibility index (Phi) is 3.39. The van der Waals surface area contributed by atoms with Gasteiger partial charge in [-0.05, 0) is 48.5 Å². The molecule has 0 unspecified atom stereocenters. The third-order valence-electron chi connectivity index (χ3n) is 3.73.